The fraction of sp³-hybridized carbons (Fsp3) is 0. The summed E-state index contributed by atoms with van der Waals surface area (Å²) in [5.74, 6) is 0.175. The van der Waals surface area contributed by atoms with Crippen molar-refractivity contribution in [1.82, 2.24) is 4.37 Å². The van der Waals surface area contributed by atoms with Crippen molar-refractivity contribution in [2.24, 2.45) is 0 Å². The van der Waals surface area contributed by atoms with Crippen LogP contribution in [0.5, 0.6) is 5.75 Å². The molecule has 0 bridgehead atoms. The minimum atomic E-state index is 0.175. The molecule has 3 nitrogen and oxygen atoms in total. The zero-order valence-corrected chi connectivity index (χ0v) is 10.1. The van der Waals surface area contributed by atoms with Crippen LogP contribution in [0.3, 0.4) is 0 Å². The Bertz CT molecular complexity index is 771. The topological polar surface area (TPSA) is 56.9 Å². The summed E-state index contributed by atoms with van der Waals surface area (Å²) in [5, 5.41) is 20.2. The molecule has 2 aromatic carbocycles. The molecule has 3 rings (SSSR count). The van der Waals surface area contributed by atoms with Crippen molar-refractivity contribution in [3.63, 3.8) is 0 Å². The molecule has 0 fully saturated rings. The summed E-state index contributed by atoms with van der Waals surface area (Å²) >= 11 is 1.32. The molecular weight excluding hydrogens is 244 g/mol. The molecule has 0 unspecified atom stereocenters. The molecule has 3 aromatic rings. The molecule has 0 amide bonds. The third-order valence-electron chi connectivity index (χ3n) is 2.82. The van der Waals surface area contributed by atoms with Crippen molar-refractivity contribution in [2.75, 3.05) is 0 Å². The number of rotatable bonds is 1. The van der Waals surface area contributed by atoms with Crippen LogP contribution >= 0.6 is 11.5 Å². The van der Waals surface area contributed by atoms with Gasteiger partial charge in [0.25, 0.3) is 0 Å². The van der Waals surface area contributed by atoms with E-state index in [0.29, 0.717) is 11.1 Å². The van der Waals surface area contributed by atoms with Crippen LogP contribution in [0.25, 0.3) is 21.2 Å². The van der Waals surface area contributed by atoms with Gasteiger partial charge < -0.3 is 5.11 Å². The average molecular weight is 252 g/mol. The summed E-state index contributed by atoms with van der Waals surface area (Å²) in [6, 6.07) is 12.9. The van der Waals surface area contributed by atoms with Gasteiger partial charge in [0.2, 0.25) is 0 Å². The van der Waals surface area contributed by atoms with Gasteiger partial charge in [-0.25, -0.2) is 0 Å². The zero-order chi connectivity index (χ0) is 12.5. The second kappa shape index (κ2) is 4.13. The molecule has 0 radical (unpaired) electrons. The molecule has 0 spiro atoms. The lowest BCUT2D eigenvalue weighted by molar-refractivity contribution is 0.478. The summed E-state index contributed by atoms with van der Waals surface area (Å²) in [4.78, 5) is 0. The van der Waals surface area contributed by atoms with E-state index in [4.69, 9.17) is 5.26 Å². The van der Waals surface area contributed by atoms with E-state index in [1.807, 2.05) is 24.3 Å². The number of aromatic hydroxyl groups is 1. The Morgan fingerprint density at radius 3 is 2.83 bits per heavy atom. The molecule has 0 saturated heterocycles. The first kappa shape index (κ1) is 10.8. The van der Waals surface area contributed by atoms with E-state index in [1.165, 1.54) is 11.5 Å². The van der Waals surface area contributed by atoms with E-state index in [9.17, 15) is 5.11 Å². The van der Waals surface area contributed by atoms with Crippen LogP contribution in [0, 0.1) is 11.3 Å². The van der Waals surface area contributed by atoms with Gasteiger partial charge in [0.15, 0.2) is 0 Å². The maximum Gasteiger partial charge on any atom is 0.124 e. The SMILES string of the molecule is N#Cc1ccccc1-c1c(O)ccc2cnsc12. The third-order valence-corrected chi connectivity index (χ3v) is 3.65. The van der Waals surface area contributed by atoms with Crippen molar-refractivity contribution in [3.05, 3.63) is 48.2 Å². The van der Waals surface area contributed by atoms with E-state index in [-0.39, 0.29) is 5.75 Å². The number of nitrogens with zero attached hydrogens (tertiary/aromatic N) is 2. The zero-order valence-electron chi connectivity index (χ0n) is 9.29. The number of nitriles is 1. The molecule has 0 aliphatic rings. The van der Waals surface area contributed by atoms with Crippen LogP contribution in [0.1, 0.15) is 5.56 Å². The molecule has 0 atom stereocenters. The Morgan fingerprint density at radius 2 is 2.00 bits per heavy atom. The fourth-order valence-corrected chi connectivity index (χ4v) is 2.79. The highest BCUT2D eigenvalue weighted by atomic mass is 32.1. The third kappa shape index (κ3) is 1.53. The lowest BCUT2D eigenvalue weighted by Gasteiger charge is -2.07. The van der Waals surface area contributed by atoms with Gasteiger partial charge >= 0.3 is 0 Å². The standard InChI is InChI=1S/C14H8N2OS/c15-7-9-3-1-2-4-11(9)13-12(17)6-5-10-8-16-18-14(10)13/h1-6,8,17H. The Morgan fingerprint density at radius 1 is 1.17 bits per heavy atom. The van der Waals surface area contributed by atoms with Crippen LogP contribution in [-0.4, -0.2) is 9.48 Å². The number of hydrogen-bond donors (Lipinski definition) is 1. The molecule has 1 N–H and O–H groups in total. The minimum absolute atomic E-state index is 0.175. The number of phenols is 1. The molecular formula is C14H8N2OS. The summed E-state index contributed by atoms with van der Waals surface area (Å²) in [6.45, 7) is 0. The predicted octanol–water partition coefficient (Wildman–Crippen LogP) is 3.54. The number of aromatic nitrogens is 1. The Hall–Kier alpha value is -2.38. The van der Waals surface area contributed by atoms with Crippen LogP contribution in [0.2, 0.25) is 0 Å². The molecule has 0 aliphatic carbocycles. The van der Waals surface area contributed by atoms with Crippen molar-refractivity contribution < 1.29 is 5.11 Å². The molecule has 0 saturated carbocycles. The summed E-state index contributed by atoms with van der Waals surface area (Å²) in [6.07, 6.45) is 1.76. The quantitative estimate of drug-likeness (QED) is 0.720. The highest BCUT2D eigenvalue weighted by Crippen LogP contribution is 2.39. The Labute approximate surface area is 108 Å². The van der Waals surface area contributed by atoms with E-state index in [0.717, 1.165) is 15.6 Å². The highest BCUT2D eigenvalue weighted by molar-refractivity contribution is 7.14. The number of phenolic OH excluding ortho intramolecular Hbond substituents is 1. The number of hydrogen-bond acceptors (Lipinski definition) is 4. The maximum atomic E-state index is 10.1. The van der Waals surface area contributed by atoms with Crippen molar-refractivity contribution in [2.45, 2.75) is 0 Å². The van der Waals surface area contributed by atoms with E-state index >= 15 is 0 Å². The smallest absolute Gasteiger partial charge is 0.124 e. The fourth-order valence-electron chi connectivity index (χ4n) is 1.98. The molecule has 18 heavy (non-hydrogen) atoms. The molecule has 4 heteroatoms. The van der Waals surface area contributed by atoms with Crippen LogP contribution in [0.4, 0.5) is 0 Å². The molecule has 1 heterocycles. The van der Waals surface area contributed by atoms with Gasteiger partial charge in [-0.3, -0.25) is 0 Å². The van der Waals surface area contributed by atoms with Gasteiger partial charge in [-0.2, -0.15) is 9.64 Å². The van der Waals surface area contributed by atoms with E-state index < -0.39 is 0 Å². The molecule has 0 aliphatic heterocycles. The van der Waals surface area contributed by atoms with Gasteiger partial charge in [-0.1, -0.05) is 18.2 Å². The summed E-state index contributed by atoms with van der Waals surface area (Å²) in [7, 11) is 0. The first-order valence-electron chi connectivity index (χ1n) is 5.37. The summed E-state index contributed by atoms with van der Waals surface area (Å²) < 4.78 is 5.03. The van der Waals surface area contributed by atoms with E-state index in [2.05, 4.69) is 10.4 Å². The van der Waals surface area contributed by atoms with Crippen molar-refractivity contribution >= 4 is 21.6 Å². The molecule has 1 aromatic heterocycles. The minimum Gasteiger partial charge on any atom is -0.507 e. The maximum absolute atomic E-state index is 10.1. The first-order valence-corrected chi connectivity index (χ1v) is 6.14. The lowest BCUT2D eigenvalue weighted by Crippen LogP contribution is -1.85. The normalized spacial score (nSPS) is 10.4. The predicted molar refractivity (Wildman–Crippen MR) is 71.4 cm³/mol. The van der Waals surface area contributed by atoms with Crippen molar-refractivity contribution in [1.29, 1.82) is 5.26 Å². The number of fused-ring (bicyclic) bond motifs is 1. The number of benzene rings is 2. The highest BCUT2D eigenvalue weighted by Gasteiger charge is 2.14. The largest absolute Gasteiger partial charge is 0.507 e. The van der Waals surface area contributed by atoms with Crippen LogP contribution < -0.4 is 0 Å². The van der Waals surface area contributed by atoms with E-state index in [1.54, 1.807) is 18.3 Å². The van der Waals surface area contributed by atoms with Gasteiger partial charge in [0, 0.05) is 22.7 Å². The second-order valence-corrected chi connectivity index (χ2v) is 4.66. The summed E-state index contributed by atoms with van der Waals surface area (Å²) in [5.41, 5.74) is 1.98. The Balaban J connectivity index is 2.41. The lowest BCUT2D eigenvalue weighted by atomic mass is 9.98. The van der Waals surface area contributed by atoms with Gasteiger partial charge in [0.05, 0.1) is 16.3 Å². The Kier molecular flexibility index (Phi) is 2.47. The van der Waals surface area contributed by atoms with Crippen LogP contribution in [-0.2, 0) is 0 Å². The first-order chi connectivity index (χ1) is 8.81. The van der Waals surface area contributed by atoms with Crippen molar-refractivity contribution in [3.8, 4) is 22.9 Å². The average Bonchev–Trinajstić information content (AvgIpc) is 2.87. The van der Waals surface area contributed by atoms with Gasteiger partial charge in [0.1, 0.15) is 5.75 Å². The molecule has 86 valence electrons. The van der Waals surface area contributed by atoms with Gasteiger partial charge in [-0.05, 0) is 29.7 Å². The second-order valence-electron chi connectivity index (χ2n) is 3.86. The van der Waals surface area contributed by atoms with Crippen LogP contribution in [0.15, 0.2) is 42.6 Å². The van der Waals surface area contributed by atoms with Gasteiger partial charge in [-0.15, -0.1) is 0 Å². The monoisotopic (exact) mass is 252 g/mol.